The van der Waals surface area contributed by atoms with Crippen LogP contribution in [0.25, 0.3) is 11.4 Å². The van der Waals surface area contributed by atoms with Gasteiger partial charge in [0.05, 0.1) is 16.9 Å². The lowest BCUT2D eigenvalue weighted by Crippen LogP contribution is -1.97. The molecule has 5 nitrogen and oxygen atoms in total. The van der Waals surface area contributed by atoms with Gasteiger partial charge in [-0.1, -0.05) is 17.7 Å². The highest BCUT2D eigenvalue weighted by Crippen LogP contribution is 2.18. The van der Waals surface area contributed by atoms with Crippen LogP contribution in [0.5, 0.6) is 0 Å². The second kappa shape index (κ2) is 8.48. The van der Waals surface area contributed by atoms with Crippen molar-refractivity contribution in [1.29, 1.82) is 0 Å². The van der Waals surface area contributed by atoms with Gasteiger partial charge in [-0.2, -0.15) is 0 Å². The molecule has 0 amide bonds. The van der Waals surface area contributed by atoms with Crippen molar-refractivity contribution < 1.29 is 0 Å². The molecule has 1 N–H and O–H groups in total. The summed E-state index contributed by atoms with van der Waals surface area (Å²) in [5.74, 6) is 1.36. The lowest BCUT2D eigenvalue weighted by atomic mass is 10.3. The van der Waals surface area contributed by atoms with Gasteiger partial charge in [0.25, 0.3) is 0 Å². The number of nitrogens with one attached hydrogen (secondary N) is 1. The average molecular weight is 357 g/mol. The van der Waals surface area contributed by atoms with Gasteiger partial charge in [-0.15, -0.1) is 24.8 Å². The van der Waals surface area contributed by atoms with E-state index in [1.54, 1.807) is 36.9 Å². The van der Waals surface area contributed by atoms with Crippen molar-refractivity contribution in [3.8, 4) is 11.4 Å². The van der Waals surface area contributed by atoms with E-state index in [2.05, 4.69) is 25.3 Å². The quantitative estimate of drug-likeness (QED) is 0.763. The molecule has 3 rings (SSSR count). The zero-order chi connectivity index (χ0) is 13.8. The van der Waals surface area contributed by atoms with Crippen LogP contribution in [0.2, 0.25) is 5.02 Å². The maximum Gasteiger partial charge on any atom is 0.132 e. The Morgan fingerprint density at radius 3 is 2.36 bits per heavy atom. The third-order valence-electron chi connectivity index (χ3n) is 2.56. The van der Waals surface area contributed by atoms with Crippen LogP contribution in [0.1, 0.15) is 0 Å². The van der Waals surface area contributed by atoms with Gasteiger partial charge in [-0.3, -0.25) is 9.97 Å². The van der Waals surface area contributed by atoms with Crippen molar-refractivity contribution in [2.75, 3.05) is 5.32 Å². The van der Waals surface area contributed by atoms with E-state index < -0.39 is 0 Å². The van der Waals surface area contributed by atoms with Gasteiger partial charge in [-0.25, -0.2) is 9.97 Å². The number of halogens is 3. The minimum atomic E-state index is 0. The molecule has 22 heavy (non-hydrogen) atoms. The Morgan fingerprint density at radius 2 is 1.68 bits per heavy atom. The SMILES string of the molecule is Cl.Cl.Clc1ccc(Nc2cccc(-c3cnccn3)n2)nc1. The molecule has 0 unspecified atom stereocenters. The van der Waals surface area contributed by atoms with Crippen molar-refractivity contribution in [1.82, 2.24) is 19.9 Å². The number of anilines is 2. The number of rotatable bonds is 3. The number of nitrogens with zero attached hydrogens (tertiary/aromatic N) is 4. The average Bonchev–Trinajstić information content (AvgIpc) is 2.51. The molecule has 0 aliphatic heterocycles. The van der Waals surface area contributed by atoms with Crippen LogP contribution in [-0.4, -0.2) is 19.9 Å². The summed E-state index contributed by atoms with van der Waals surface area (Å²) in [7, 11) is 0. The highest BCUT2D eigenvalue weighted by atomic mass is 35.5. The molecule has 0 radical (unpaired) electrons. The van der Waals surface area contributed by atoms with Gasteiger partial charge in [0.15, 0.2) is 0 Å². The largest absolute Gasteiger partial charge is 0.325 e. The van der Waals surface area contributed by atoms with Crippen molar-refractivity contribution in [2.45, 2.75) is 0 Å². The number of aromatic nitrogens is 4. The van der Waals surface area contributed by atoms with Crippen molar-refractivity contribution >= 4 is 48.1 Å². The smallest absolute Gasteiger partial charge is 0.132 e. The number of pyridine rings is 2. The molecule has 0 spiro atoms. The molecule has 0 bridgehead atoms. The Hall–Kier alpha value is -1.95. The zero-order valence-corrected chi connectivity index (χ0v) is 13.6. The summed E-state index contributed by atoms with van der Waals surface area (Å²) >= 11 is 5.80. The predicted octanol–water partition coefficient (Wildman–Crippen LogP) is 4.17. The Bertz CT molecular complexity index is 707. The molecule has 0 aliphatic carbocycles. The second-order valence-electron chi connectivity index (χ2n) is 3.99. The first-order valence-electron chi connectivity index (χ1n) is 5.93. The highest BCUT2D eigenvalue weighted by Gasteiger charge is 2.03. The normalized spacial score (nSPS) is 9.32. The second-order valence-corrected chi connectivity index (χ2v) is 4.42. The molecule has 0 aliphatic rings. The van der Waals surface area contributed by atoms with E-state index in [1.807, 2.05) is 18.2 Å². The predicted molar refractivity (Wildman–Crippen MR) is 92.3 cm³/mol. The summed E-state index contributed by atoms with van der Waals surface area (Å²) in [5, 5.41) is 3.71. The fraction of sp³-hybridized carbons (Fsp3) is 0. The molecule has 3 aromatic heterocycles. The summed E-state index contributed by atoms with van der Waals surface area (Å²) in [5.41, 5.74) is 1.47. The molecule has 0 atom stereocenters. The monoisotopic (exact) mass is 355 g/mol. The molecule has 114 valence electrons. The molecule has 0 aromatic carbocycles. The summed E-state index contributed by atoms with van der Waals surface area (Å²) in [6.45, 7) is 0. The van der Waals surface area contributed by atoms with Crippen LogP contribution in [0, 0.1) is 0 Å². The fourth-order valence-electron chi connectivity index (χ4n) is 1.66. The lowest BCUT2D eigenvalue weighted by Gasteiger charge is -2.06. The topological polar surface area (TPSA) is 63.6 Å². The zero-order valence-electron chi connectivity index (χ0n) is 11.2. The van der Waals surface area contributed by atoms with Crippen LogP contribution >= 0.6 is 36.4 Å². The van der Waals surface area contributed by atoms with Crippen molar-refractivity contribution in [3.05, 3.63) is 60.1 Å². The minimum absolute atomic E-state index is 0. The maximum atomic E-state index is 5.80. The molecule has 0 saturated carbocycles. The number of hydrogen-bond acceptors (Lipinski definition) is 5. The van der Waals surface area contributed by atoms with E-state index in [4.69, 9.17) is 11.6 Å². The summed E-state index contributed by atoms with van der Waals surface area (Å²) < 4.78 is 0. The molecule has 8 heteroatoms. The first kappa shape index (κ1) is 18.1. The third-order valence-corrected chi connectivity index (χ3v) is 2.78. The molecule has 3 aromatic rings. The summed E-state index contributed by atoms with van der Waals surface area (Å²) in [4.78, 5) is 16.9. The summed E-state index contributed by atoms with van der Waals surface area (Å²) in [6.07, 6.45) is 6.52. The van der Waals surface area contributed by atoms with E-state index in [1.165, 1.54) is 0 Å². The van der Waals surface area contributed by atoms with Gasteiger partial charge in [0, 0.05) is 18.6 Å². The summed E-state index contributed by atoms with van der Waals surface area (Å²) in [6, 6.07) is 9.19. The van der Waals surface area contributed by atoms with Gasteiger partial charge >= 0.3 is 0 Å². The van der Waals surface area contributed by atoms with E-state index >= 15 is 0 Å². The maximum absolute atomic E-state index is 5.80. The van der Waals surface area contributed by atoms with Gasteiger partial charge < -0.3 is 5.32 Å². The highest BCUT2D eigenvalue weighted by molar-refractivity contribution is 6.30. The van der Waals surface area contributed by atoms with Crippen LogP contribution in [0.4, 0.5) is 11.6 Å². The molecular formula is C14H12Cl3N5. The standard InChI is InChI=1S/C14H10ClN5.2ClH/c15-10-4-5-13(18-8-10)20-14-3-1-2-11(19-14)12-9-16-6-7-17-12;;/h1-9H,(H,18,19,20);2*1H. The van der Waals surface area contributed by atoms with E-state index in [0.29, 0.717) is 16.7 Å². The Morgan fingerprint density at radius 1 is 0.818 bits per heavy atom. The molecular weight excluding hydrogens is 345 g/mol. The van der Waals surface area contributed by atoms with E-state index in [9.17, 15) is 0 Å². The lowest BCUT2D eigenvalue weighted by molar-refractivity contribution is 1.17. The van der Waals surface area contributed by atoms with E-state index in [-0.39, 0.29) is 24.8 Å². The Labute approximate surface area is 145 Å². The fourth-order valence-corrected chi connectivity index (χ4v) is 1.77. The van der Waals surface area contributed by atoms with E-state index in [0.717, 1.165) is 11.4 Å². The molecule has 0 saturated heterocycles. The van der Waals surface area contributed by atoms with Crippen molar-refractivity contribution in [2.24, 2.45) is 0 Å². The first-order chi connectivity index (χ1) is 9.81. The molecule has 3 heterocycles. The van der Waals surface area contributed by atoms with Crippen LogP contribution in [0.3, 0.4) is 0 Å². The van der Waals surface area contributed by atoms with Gasteiger partial charge in [0.1, 0.15) is 17.3 Å². The Kier molecular flexibility index (Phi) is 6.98. The van der Waals surface area contributed by atoms with Crippen molar-refractivity contribution in [3.63, 3.8) is 0 Å². The van der Waals surface area contributed by atoms with Gasteiger partial charge in [-0.05, 0) is 24.3 Å². The Balaban J connectivity index is 0.00000121. The first-order valence-corrected chi connectivity index (χ1v) is 6.31. The molecule has 0 fully saturated rings. The van der Waals surface area contributed by atoms with Crippen LogP contribution in [0.15, 0.2) is 55.1 Å². The third kappa shape index (κ3) is 4.53. The van der Waals surface area contributed by atoms with Crippen LogP contribution in [-0.2, 0) is 0 Å². The van der Waals surface area contributed by atoms with Crippen LogP contribution < -0.4 is 5.32 Å². The van der Waals surface area contributed by atoms with Gasteiger partial charge in [0.2, 0.25) is 0 Å². The minimum Gasteiger partial charge on any atom is -0.325 e. The number of hydrogen-bond donors (Lipinski definition) is 1.